The van der Waals surface area contributed by atoms with Gasteiger partial charge in [-0.15, -0.1) is 23.6 Å². The maximum atomic E-state index is 12.2. The number of nitrogens with zero attached hydrogens (tertiary/aromatic N) is 1. The molecular formula is C41H48IrNO4S-. The van der Waals surface area contributed by atoms with Crippen LogP contribution in [0.2, 0.25) is 0 Å². The third-order valence-corrected chi connectivity index (χ3v) is 11.2. The molecule has 5 nitrogen and oxygen atoms in total. The van der Waals surface area contributed by atoms with Crippen LogP contribution in [0, 0.1) is 23.8 Å². The second kappa shape index (κ2) is 14.3. The molecular weight excluding hydrogens is 795 g/mol. The second-order valence-electron chi connectivity index (χ2n) is 14.3. The number of carbonyl (C=O) groups is 1. The molecule has 0 atom stereocenters. The van der Waals surface area contributed by atoms with Crippen LogP contribution in [-0.4, -0.2) is 15.9 Å². The zero-order chi connectivity index (χ0) is 34.3. The Balaban J connectivity index is 0.000000251. The number of carbonyl (C=O) groups excluding carboxylic acids is 1. The molecule has 0 unspecified atom stereocenters. The Labute approximate surface area is 302 Å². The van der Waals surface area contributed by atoms with Crippen molar-refractivity contribution in [1.29, 1.82) is 0 Å². The van der Waals surface area contributed by atoms with E-state index in [1.807, 2.05) is 66.8 Å². The fraction of sp³-hybridized carbons (Fsp3) is 0.415. The minimum absolute atomic E-state index is 0. The molecule has 48 heavy (non-hydrogen) atoms. The van der Waals surface area contributed by atoms with Gasteiger partial charge in [0.1, 0.15) is 17.1 Å². The Bertz CT molecular complexity index is 2100. The molecule has 1 N–H and O–H groups in total. The number of aryl methyl sites for hydroxylation is 1. The molecule has 6 rings (SSSR count). The van der Waals surface area contributed by atoms with E-state index in [0.717, 1.165) is 81.0 Å². The summed E-state index contributed by atoms with van der Waals surface area (Å²) in [6.07, 6.45) is 6.57. The summed E-state index contributed by atoms with van der Waals surface area (Å²) in [6.45, 7) is 20.8. The molecule has 6 aromatic rings. The number of aliphatic hydroxyl groups excluding tert-OH is 1. The Kier molecular flexibility index (Phi) is 11.2. The van der Waals surface area contributed by atoms with Crippen molar-refractivity contribution in [3.63, 3.8) is 0 Å². The second-order valence-corrected chi connectivity index (χ2v) is 15.2. The van der Waals surface area contributed by atoms with Crippen LogP contribution in [0.25, 0.3) is 54.3 Å². The number of rotatable bonds is 8. The van der Waals surface area contributed by atoms with Crippen LogP contribution in [-0.2, 0) is 30.3 Å². The average molecular weight is 843 g/mol. The van der Waals surface area contributed by atoms with Gasteiger partial charge in [0.2, 0.25) is 0 Å². The number of thiophene rings is 1. The molecule has 0 saturated heterocycles. The molecule has 0 amide bonds. The topological polar surface area (TPSA) is 76.5 Å². The molecule has 2 aromatic carbocycles. The van der Waals surface area contributed by atoms with Gasteiger partial charge in [0.05, 0.1) is 0 Å². The van der Waals surface area contributed by atoms with Gasteiger partial charge >= 0.3 is 0 Å². The number of aliphatic hydroxyl groups is 1. The summed E-state index contributed by atoms with van der Waals surface area (Å²) in [4.78, 5) is 17.0. The number of allylic oxidation sites excluding steroid dienone is 2. The molecule has 0 aliphatic heterocycles. The number of hydrogen-bond acceptors (Lipinski definition) is 6. The zero-order valence-corrected chi connectivity index (χ0v) is 33.1. The number of aromatic nitrogens is 1. The van der Waals surface area contributed by atoms with Crippen LogP contribution in [0.4, 0.5) is 0 Å². The van der Waals surface area contributed by atoms with Gasteiger partial charge in [-0.3, -0.25) is 9.78 Å². The van der Waals surface area contributed by atoms with Crippen LogP contribution in [0.5, 0.6) is 0 Å². The van der Waals surface area contributed by atoms with E-state index >= 15 is 0 Å². The Morgan fingerprint density at radius 2 is 1.58 bits per heavy atom. The van der Waals surface area contributed by atoms with Crippen LogP contribution < -0.4 is 0 Å². The van der Waals surface area contributed by atoms with E-state index < -0.39 is 0 Å². The van der Waals surface area contributed by atoms with Crippen molar-refractivity contribution in [2.24, 2.45) is 10.8 Å². The van der Waals surface area contributed by atoms with E-state index in [1.165, 1.54) is 16.3 Å². The van der Waals surface area contributed by atoms with Gasteiger partial charge in [0.25, 0.3) is 0 Å². The van der Waals surface area contributed by atoms with Crippen LogP contribution in [0.1, 0.15) is 99.3 Å². The monoisotopic (exact) mass is 843 g/mol. The number of fused-ring (bicyclic) bond motifs is 6. The molecule has 0 fully saturated rings. The normalized spacial score (nSPS) is 12.8. The molecule has 257 valence electrons. The first-order valence-electron chi connectivity index (χ1n) is 16.8. The van der Waals surface area contributed by atoms with Crippen LogP contribution in [0.3, 0.4) is 0 Å². The summed E-state index contributed by atoms with van der Waals surface area (Å²) in [6, 6.07) is 16.2. The third kappa shape index (κ3) is 6.92. The molecule has 0 saturated carbocycles. The number of ketones is 1. The maximum Gasteiger partial charge on any atom is 0.177 e. The van der Waals surface area contributed by atoms with E-state index in [4.69, 9.17) is 13.8 Å². The Hall–Kier alpha value is -3.25. The van der Waals surface area contributed by atoms with Crippen molar-refractivity contribution >= 4 is 60.1 Å². The predicted molar refractivity (Wildman–Crippen MR) is 197 cm³/mol. The van der Waals surface area contributed by atoms with Crippen LogP contribution >= 0.6 is 11.3 Å². The van der Waals surface area contributed by atoms with Gasteiger partial charge in [-0.05, 0) is 60.2 Å². The van der Waals surface area contributed by atoms with Gasteiger partial charge in [-0.2, -0.15) is 11.3 Å². The van der Waals surface area contributed by atoms with Crippen molar-refractivity contribution < 1.29 is 38.8 Å². The van der Waals surface area contributed by atoms with Gasteiger partial charge in [-0.1, -0.05) is 85.6 Å². The quantitative estimate of drug-likeness (QED) is 0.0938. The smallest absolute Gasteiger partial charge is 0.177 e. The van der Waals surface area contributed by atoms with E-state index in [2.05, 4.69) is 56.5 Å². The largest absolute Gasteiger partial charge is 0.512 e. The Morgan fingerprint density at radius 1 is 0.917 bits per heavy atom. The minimum atomic E-state index is -0.337. The fourth-order valence-corrected chi connectivity index (χ4v) is 7.06. The average Bonchev–Trinajstić information content (AvgIpc) is 3.79. The van der Waals surface area contributed by atoms with Gasteiger partial charge in [-0.25, -0.2) is 0 Å². The zero-order valence-electron chi connectivity index (χ0n) is 29.9. The molecule has 4 heterocycles. The SMILES string of the molecule is CCC(C)(CC)C(=O)/C=C(\O)C(C)(CC)CC.Cc1cc2ccc3c(oc4ccnc(-c5[c-]c6ccsc6c(C(C)(C)C)c5)c43)c2o1.[Ir]. The van der Waals surface area contributed by atoms with Crippen molar-refractivity contribution in [3.8, 4) is 11.3 Å². The number of furan rings is 2. The van der Waals surface area contributed by atoms with Crippen molar-refractivity contribution in [1.82, 2.24) is 4.98 Å². The summed E-state index contributed by atoms with van der Waals surface area (Å²) in [5, 5.41) is 16.5. The molecule has 7 heteroatoms. The summed E-state index contributed by atoms with van der Waals surface area (Å²) in [5.74, 6) is 1.16. The minimum Gasteiger partial charge on any atom is -0.512 e. The van der Waals surface area contributed by atoms with Crippen molar-refractivity contribution in [2.45, 2.75) is 100 Å². The summed E-state index contributed by atoms with van der Waals surface area (Å²) < 4.78 is 13.5. The molecule has 1 radical (unpaired) electrons. The fourth-order valence-electron chi connectivity index (χ4n) is 5.98. The predicted octanol–water partition coefficient (Wildman–Crippen LogP) is 12.7. The van der Waals surface area contributed by atoms with Crippen molar-refractivity contribution in [2.75, 3.05) is 0 Å². The maximum absolute atomic E-state index is 12.2. The van der Waals surface area contributed by atoms with E-state index in [9.17, 15) is 9.90 Å². The number of pyridine rings is 1. The standard InChI is InChI=1S/C26H20NO2S.C15H28O2.Ir/c1-14-11-15-5-6-18-21-20(29-24(18)23(15)28-14)7-9-27-22(21)17-12-16-8-10-30-25(16)19(13-17)26(2,3)4;1-7-14(5,8-2)12(16)11-13(17)15(6,9-3)10-4;/h5-11,13H,1-4H3;11,16H,7-10H2,1-6H3;/q-1;;/b;12-11-;. The van der Waals surface area contributed by atoms with E-state index in [0.29, 0.717) is 0 Å². The van der Waals surface area contributed by atoms with Crippen LogP contribution in [0.15, 0.2) is 68.6 Å². The van der Waals surface area contributed by atoms with Crippen molar-refractivity contribution in [3.05, 3.63) is 77.2 Å². The van der Waals surface area contributed by atoms with E-state index in [-0.39, 0.29) is 47.9 Å². The first-order valence-corrected chi connectivity index (χ1v) is 17.7. The molecule has 0 bridgehead atoms. The molecule has 0 spiro atoms. The molecule has 0 aliphatic carbocycles. The molecule has 4 aromatic heterocycles. The van der Waals surface area contributed by atoms with E-state index in [1.54, 1.807) is 11.3 Å². The van der Waals surface area contributed by atoms with Gasteiger partial charge in [0, 0.05) is 65.1 Å². The summed E-state index contributed by atoms with van der Waals surface area (Å²) >= 11 is 1.77. The third-order valence-electron chi connectivity index (χ3n) is 10.3. The number of benzene rings is 2. The summed E-state index contributed by atoms with van der Waals surface area (Å²) in [5.41, 5.74) is 5.01. The number of hydrogen-bond donors (Lipinski definition) is 1. The van der Waals surface area contributed by atoms with Gasteiger partial charge < -0.3 is 13.9 Å². The first kappa shape index (κ1) is 37.6. The first-order chi connectivity index (χ1) is 22.2. The summed E-state index contributed by atoms with van der Waals surface area (Å²) in [7, 11) is 0. The van der Waals surface area contributed by atoms with Gasteiger partial charge in [0.15, 0.2) is 16.9 Å². The molecule has 0 aliphatic rings. The Morgan fingerprint density at radius 3 is 2.21 bits per heavy atom.